The first-order chi connectivity index (χ1) is 8.95. The average molecular weight is 300 g/mol. The van der Waals surface area contributed by atoms with E-state index in [1.165, 1.54) is 0 Å². The molecular weight excluding hydrogens is 281 g/mol. The number of amides is 1. The maximum absolute atomic E-state index is 12.7. The smallest absolute Gasteiger partial charge is 0.407 e. The molecule has 0 aromatic rings. The largest absolute Gasteiger partial charge is 0.468 e. The van der Waals surface area contributed by atoms with Crippen molar-refractivity contribution in [1.82, 2.24) is 10.6 Å². The van der Waals surface area contributed by atoms with Crippen molar-refractivity contribution in [3.05, 3.63) is 0 Å². The minimum Gasteiger partial charge on any atom is -0.468 e. The van der Waals surface area contributed by atoms with Crippen LogP contribution in [0.1, 0.15) is 20.8 Å². The summed E-state index contributed by atoms with van der Waals surface area (Å²) in [6.45, 7) is 3.39. The van der Waals surface area contributed by atoms with Crippen LogP contribution >= 0.6 is 0 Å². The average Bonchev–Trinajstić information content (AvgIpc) is 2.24. The highest BCUT2D eigenvalue weighted by Crippen LogP contribution is 2.19. The van der Waals surface area contributed by atoms with Gasteiger partial charge in [0.05, 0.1) is 13.7 Å². The Hall–Kier alpha value is -1.51. The van der Waals surface area contributed by atoms with Crippen LogP contribution in [0.25, 0.3) is 0 Å². The Labute approximate surface area is 115 Å². The van der Waals surface area contributed by atoms with E-state index in [0.717, 1.165) is 7.11 Å². The van der Waals surface area contributed by atoms with Crippen LogP contribution in [0.15, 0.2) is 0 Å². The highest BCUT2D eigenvalue weighted by Gasteiger charge is 2.40. The SMILES string of the molecule is COC(=O)CN[C@@H](CNC(=O)OC(C)(C)C)C(F)(F)F. The van der Waals surface area contributed by atoms with Crippen molar-refractivity contribution in [2.24, 2.45) is 0 Å². The van der Waals surface area contributed by atoms with Gasteiger partial charge in [0.25, 0.3) is 0 Å². The zero-order valence-corrected chi connectivity index (χ0v) is 11.8. The first-order valence-electron chi connectivity index (χ1n) is 5.79. The van der Waals surface area contributed by atoms with E-state index in [9.17, 15) is 22.8 Å². The van der Waals surface area contributed by atoms with Crippen molar-refractivity contribution in [3.63, 3.8) is 0 Å². The molecule has 0 heterocycles. The topological polar surface area (TPSA) is 76.7 Å². The highest BCUT2D eigenvalue weighted by atomic mass is 19.4. The minimum atomic E-state index is -4.62. The summed E-state index contributed by atoms with van der Waals surface area (Å²) in [4.78, 5) is 22.1. The number of alkyl halides is 3. The van der Waals surface area contributed by atoms with Crippen molar-refractivity contribution in [2.45, 2.75) is 38.6 Å². The third kappa shape index (κ3) is 8.57. The maximum atomic E-state index is 12.7. The van der Waals surface area contributed by atoms with Crippen molar-refractivity contribution < 1.29 is 32.2 Å². The minimum absolute atomic E-state index is 0.614. The molecule has 0 aliphatic heterocycles. The van der Waals surface area contributed by atoms with E-state index in [-0.39, 0.29) is 0 Å². The summed E-state index contributed by atoms with van der Waals surface area (Å²) in [6.07, 6.45) is -5.59. The van der Waals surface area contributed by atoms with E-state index in [1.807, 2.05) is 10.6 Å². The fraction of sp³-hybridized carbons (Fsp3) is 0.818. The molecule has 0 spiro atoms. The van der Waals surface area contributed by atoms with Gasteiger partial charge in [-0.2, -0.15) is 13.2 Å². The van der Waals surface area contributed by atoms with Crippen LogP contribution in [0.3, 0.4) is 0 Å². The lowest BCUT2D eigenvalue weighted by Crippen LogP contribution is -2.52. The summed E-state index contributed by atoms with van der Waals surface area (Å²) in [7, 11) is 1.06. The quantitative estimate of drug-likeness (QED) is 0.746. The molecule has 0 fully saturated rings. The van der Waals surface area contributed by atoms with Crippen LogP contribution in [-0.4, -0.2) is 50.1 Å². The zero-order valence-electron chi connectivity index (χ0n) is 11.8. The number of rotatable bonds is 5. The van der Waals surface area contributed by atoms with Crippen molar-refractivity contribution in [3.8, 4) is 0 Å². The molecule has 1 atom stereocenters. The maximum Gasteiger partial charge on any atom is 0.407 e. The summed E-state index contributed by atoms with van der Waals surface area (Å²) in [5.74, 6) is -0.837. The molecule has 9 heteroatoms. The lowest BCUT2D eigenvalue weighted by atomic mass is 10.2. The Balaban J connectivity index is 4.38. The number of methoxy groups -OCH3 is 1. The number of halogens is 3. The lowest BCUT2D eigenvalue weighted by Gasteiger charge is -2.23. The molecule has 20 heavy (non-hydrogen) atoms. The number of esters is 1. The van der Waals surface area contributed by atoms with Crippen LogP contribution in [0, 0.1) is 0 Å². The van der Waals surface area contributed by atoms with Gasteiger partial charge in [-0.3, -0.25) is 10.1 Å². The molecule has 0 aromatic carbocycles. The summed E-state index contributed by atoms with van der Waals surface area (Å²) in [6, 6.07) is -2.07. The Morgan fingerprint density at radius 2 is 1.75 bits per heavy atom. The Morgan fingerprint density at radius 3 is 2.15 bits per heavy atom. The number of ether oxygens (including phenoxy) is 2. The molecular formula is C11H19F3N2O4. The van der Waals surface area contributed by atoms with Crippen molar-refractivity contribution >= 4 is 12.1 Å². The molecule has 0 aliphatic carbocycles. The molecule has 0 radical (unpaired) electrons. The second-order valence-corrected chi connectivity index (χ2v) is 4.93. The molecule has 118 valence electrons. The monoisotopic (exact) mass is 300 g/mol. The molecule has 0 aliphatic rings. The summed E-state index contributed by atoms with van der Waals surface area (Å²) in [5.41, 5.74) is -0.808. The van der Waals surface area contributed by atoms with Gasteiger partial charge in [0.1, 0.15) is 11.6 Å². The van der Waals surface area contributed by atoms with Crippen LogP contribution in [0.2, 0.25) is 0 Å². The second-order valence-electron chi connectivity index (χ2n) is 4.93. The zero-order chi connectivity index (χ0) is 16.0. The van der Waals surface area contributed by atoms with Crippen LogP contribution in [0.4, 0.5) is 18.0 Å². The normalized spacial score (nSPS) is 13.6. The molecule has 0 aromatic heterocycles. The molecule has 0 rings (SSSR count). The van der Waals surface area contributed by atoms with Gasteiger partial charge in [-0.05, 0) is 20.8 Å². The number of nitrogens with one attached hydrogen (secondary N) is 2. The number of carbonyl (C=O) groups excluding carboxylic acids is 2. The van der Waals surface area contributed by atoms with E-state index < -0.39 is 43.0 Å². The van der Waals surface area contributed by atoms with Gasteiger partial charge in [0.15, 0.2) is 0 Å². The van der Waals surface area contributed by atoms with Gasteiger partial charge in [0.2, 0.25) is 0 Å². The van der Waals surface area contributed by atoms with E-state index in [1.54, 1.807) is 20.8 Å². The molecule has 6 nitrogen and oxygen atoms in total. The van der Waals surface area contributed by atoms with E-state index in [2.05, 4.69) is 4.74 Å². The highest BCUT2D eigenvalue weighted by molar-refractivity contribution is 5.71. The molecule has 0 bridgehead atoms. The molecule has 2 N–H and O–H groups in total. The Kier molecular flexibility index (Phi) is 6.77. The van der Waals surface area contributed by atoms with E-state index in [4.69, 9.17) is 4.74 Å². The number of alkyl carbamates (subject to hydrolysis) is 1. The standard InChI is InChI=1S/C11H19F3N2O4/c1-10(2,3)20-9(18)16-5-7(11(12,13)14)15-6-8(17)19-4/h7,15H,5-6H2,1-4H3,(H,16,18)/t7-/m0/s1. The first-order valence-corrected chi connectivity index (χ1v) is 5.79. The molecule has 0 saturated carbocycles. The van der Waals surface area contributed by atoms with Gasteiger partial charge >= 0.3 is 18.2 Å². The summed E-state index contributed by atoms with van der Waals surface area (Å²) >= 11 is 0. The number of carbonyl (C=O) groups is 2. The van der Waals surface area contributed by atoms with Crippen LogP contribution < -0.4 is 10.6 Å². The van der Waals surface area contributed by atoms with Gasteiger partial charge < -0.3 is 14.8 Å². The van der Waals surface area contributed by atoms with Crippen LogP contribution in [-0.2, 0) is 14.3 Å². The van der Waals surface area contributed by atoms with Crippen LogP contribution in [0.5, 0.6) is 0 Å². The first kappa shape index (κ1) is 18.5. The Morgan fingerprint density at radius 1 is 1.20 bits per heavy atom. The van der Waals surface area contributed by atoms with Gasteiger partial charge in [-0.1, -0.05) is 0 Å². The Bertz CT molecular complexity index is 340. The predicted molar refractivity (Wildman–Crippen MR) is 64.1 cm³/mol. The third-order valence-corrected chi connectivity index (χ3v) is 1.96. The number of hydrogen-bond donors (Lipinski definition) is 2. The molecule has 1 amide bonds. The fourth-order valence-electron chi connectivity index (χ4n) is 1.08. The fourth-order valence-corrected chi connectivity index (χ4v) is 1.08. The van der Waals surface area contributed by atoms with E-state index in [0.29, 0.717) is 0 Å². The second kappa shape index (κ2) is 7.32. The van der Waals surface area contributed by atoms with E-state index >= 15 is 0 Å². The lowest BCUT2D eigenvalue weighted by molar-refractivity contribution is -0.157. The van der Waals surface area contributed by atoms with Crippen molar-refractivity contribution in [2.75, 3.05) is 20.2 Å². The molecule has 0 unspecified atom stereocenters. The number of hydrogen-bond acceptors (Lipinski definition) is 5. The third-order valence-electron chi connectivity index (χ3n) is 1.96. The van der Waals surface area contributed by atoms with Gasteiger partial charge in [-0.15, -0.1) is 0 Å². The summed E-state index contributed by atoms with van der Waals surface area (Å²) < 4.78 is 47.0. The van der Waals surface area contributed by atoms with Crippen molar-refractivity contribution in [1.29, 1.82) is 0 Å². The summed E-state index contributed by atoms with van der Waals surface area (Å²) in [5, 5.41) is 3.95. The van der Waals surface area contributed by atoms with Gasteiger partial charge in [-0.25, -0.2) is 4.79 Å². The molecule has 0 saturated heterocycles. The predicted octanol–water partition coefficient (Wildman–Crippen LogP) is 1.20. The van der Waals surface area contributed by atoms with Gasteiger partial charge in [0, 0.05) is 6.54 Å².